The van der Waals surface area contributed by atoms with Crippen molar-refractivity contribution in [1.29, 1.82) is 0 Å². The lowest BCUT2D eigenvalue weighted by Crippen LogP contribution is -2.04. The van der Waals surface area contributed by atoms with Gasteiger partial charge in [0.15, 0.2) is 5.82 Å². The van der Waals surface area contributed by atoms with Crippen molar-refractivity contribution in [2.45, 2.75) is 6.42 Å². The third-order valence-corrected chi connectivity index (χ3v) is 17.0. The Bertz CT molecular complexity index is 5340. The molecule has 0 aliphatic carbocycles. The fourth-order valence-corrected chi connectivity index (χ4v) is 13.5. The number of hydrogen-bond donors (Lipinski definition) is 0. The second kappa shape index (κ2) is 18.8. The highest BCUT2D eigenvalue weighted by Crippen LogP contribution is 2.47. The minimum absolute atomic E-state index is 0.583. The molecule has 0 bridgehead atoms. The highest BCUT2D eigenvalue weighted by atomic mass is 15.0. The minimum Gasteiger partial charge on any atom is -0.309 e. The molecule has 0 N–H and O–H groups in total. The van der Waals surface area contributed by atoms with E-state index in [4.69, 9.17) is 9.97 Å². The summed E-state index contributed by atoms with van der Waals surface area (Å²) in [7, 11) is 0. The molecule has 17 rings (SSSR count). The molecule has 6 nitrogen and oxygen atoms in total. The minimum atomic E-state index is 0.583. The zero-order chi connectivity index (χ0) is 54.5. The molecule has 0 spiro atoms. The molecular weight excluding hydrogens is 1010 g/mol. The SMILES string of the molecule is c1ccc(-c2cc(Cc3ccc(-n4c5ccccc5c5c4ccc4c6ccccc6n(-c6ccccc6)c45)c(-c4ccccc4-n4c5ccccc5c5c4ccc4c6ccccc6n(-c6ccccc6)c45)c3)nc(-c3ccccc3)n2)cc1. The van der Waals surface area contributed by atoms with Crippen LogP contribution in [0.4, 0.5) is 0 Å². The van der Waals surface area contributed by atoms with Gasteiger partial charge in [-0.3, -0.25) is 0 Å². The van der Waals surface area contributed by atoms with Crippen LogP contribution >= 0.6 is 0 Å². The number of para-hydroxylation sites is 7. The van der Waals surface area contributed by atoms with Gasteiger partial charge in [-0.25, -0.2) is 9.97 Å². The monoisotopic (exact) mass is 1060 g/mol. The van der Waals surface area contributed by atoms with Crippen LogP contribution in [0, 0.1) is 0 Å². The van der Waals surface area contributed by atoms with E-state index in [1.165, 1.54) is 65.2 Å². The summed E-state index contributed by atoms with van der Waals surface area (Å²) in [5.74, 6) is 0.709. The zero-order valence-electron chi connectivity index (χ0n) is 45.1. The Balaban J connectivity index is 0.953. The van der Waals surface area contributed by atoms with Gasteiger partial charge in [0, 0.05) is 88.8 Å². The van der Waals surface area contributed by atoms with Crippen LogP contribution in [0.1, 0.15) is 11.3 Å². The summed E-state index contributed by atoms with van der Waals surface area (Å²) in [6, 6.07) is 106. The predicted molar refractivity (Wildman–Crippen MR) is 345 cm³/mol. The topological polar surface area (TPSA) is 45.5 Å². The smallest absolute Gasteiger partial charge is 0.160 e. The molecule has 17 aromatic rings. The molecule has 83 heavy (non-hydrogen) atoms. The number of rotatable bonds is 9. The molecule has 0 aliphatic rings. The highest BCUT2D eigenvalue weighted by molar-refractivity contribution is 6.28. The van der Waals surface area contributed by atoms with Crippen molar-refractivity contribution >= 4 is 87.2 Å². The summed E-state index contributed by atoms with van der Waals surface area (Å²) in [6.45, 7) is 0. The van der Waals surface area contributed by atoms with Crippen molar-refractivity contribution < 1.29 is 0 Å². The summed E-state index contributed by atoms with van der Waals surface area (Å²) in [4.78, 5) is 10.5. The van der Waals surface area contributed by atoms with Gasteiger partial charge in [0.2, 0.25) is 0 Å². The van der Waals surface area contributed by atoms with Gasteiger partial charge in [-0.15, -0.1) is 0 Å². The summed E-state index contributed by atoms with van der Waals surface area (Å²) in [5.41, 5.74) is 21.0. The molecule has 12 aromatic carbocycles. The predicted octanol–water partition coefficient (Wildman–Crippen LogP) is 19.5. The lowest BCUT2D eigenvalue weighted by atomic mass is 9.96. The van der Waals surface area contributed by atoms with Gasteiger partial charge in [0.1, 0.15) is 0 Å². The van der Waals surface area contributed by atoms with E-state index >= 15 is 0 Å². The Hall–Kier alpha value is -11.1. The van der Waals surface area contributed by atoms with Gasteiger partial charge in [0.05, 0.1) is 61.2 Å². The third-order valence-electron chi connectivity index (χ3n) is 17.0. The number of hydrogen-bond acceptors (Lipinski definition) is 2. The van der Waals surface area contributed by atoms with Crippen molar-refractivity contribution in [3.63, 3.8) is 0 Å². The number of fused-ring (bicyclic) bond motifs is 14. The van der Waals surface area contributed by atoms with Crippen molar-refractivity contribution in [1.82, 2.24) is 28.2 Å². The zero-order valence-corrected chi connectivity index (χ0v) is 45.1. The van der Waals surface area contributed by atoms with Crippen molar-refractivity contribution in [3.05, 3.63) is 302 Å². The average Bonchev–Trinajstić information content (AvgIpc) is 2.16. The quantitative estimate of drug-likeness (QED) is 0.145. The Labute approximate surface area is 478 Å². The normalized spacial score (nSPS) is 11.9. The van der Waals surface area contributed by atoms with Crippen molar-refractivity contribution in [3.8, 4) is 56.5 Å². The van der Waals surface area contributed by atoms with E-state index in [1.54, 1.807) is 0 Å². The van der Waals surface area contributed by atoms with Crippen molar-refractivity contribution in [2.75, 3.05) is 0 Å². The van der Waals surface area contributed by atoms with Crippen molar-refractivity contribution in [2.24, 2.45) is 0 Å². The highest BCUT2D eigenvalue weighted by Gasteiger charge is 2.26. The first-order valence-corrected chi connectivity index (χ1v) is 28.5. The molecule has 0 atom stereocenters. The van der Waals surface area contributed by atoms with E-state index in [0.29, 0.717) is 12.2 Å². The van der Waals surface area contributed by atoms with Gasteiger partial charge in [-0.2, -0.15) is 0 Å². The summed E-state index contributed by atoms with van der Waals surface area (Å²) in [5, 5.41) is 9.73. The molecule has 0 fully saturated rings. The number of aromatic nitrogens is 6. The second-order valence-corrected chi connectivity index (χ2v) is 21.6. The molecule has 6 heteroatoms. The molecule has 5 heterocycles. The van der Waals surface area contributed by atoms with Crippen LogP contribution in [0.5, 0.6) is 0 Å². The van der Waals surface area contributed by atoms with E-state index in [-0.39, 0.29) is 0 Å². The number of nitrogens with zero attached hydrogens (tertiary/aromatic N) is 6. The molecule has 5 aromatic heterocycles. The summed E-state index contributed by atoms with van der Waals surface area (Å²) < 4.78 is 9.97. The maximum Gasteiger partial charge on any atom is 0.160 e. The summed E-state index contributed by atoms with van der Waals surface area (Å²) >= 11 is 0. The lowest BCUT2D eigenvalue weighted by Gasteiger charge is -2.20. The van der Waals surface area contributed by atoms with Crippen LogP contribution in [0.15, 0.2) is 291 Å². The summed E-state index contributed by atoms with van der Waals surface area (Å²) in [6.07, 6.45) is 0.583. The molecule has 388 valence electrons. The fraction of sp³-hybridized carbons (Fsp3) is 0.0130. The standard InChI is InChI=1S/C77H50N6/c1-5-23-51(24-6-1)64-49-53(78-77(79-64)52-25-7-2-8-26-52)47-50-41-44-70(83-69-40-22-17-35-62(69)74-72(83)46-43-60-57-32-14-19-37-66(57)81(76(60)74)55-29-11-4-12-30-55)63(48-50)58-33-15-20-38-67(58)82-68-39-21-16-34-61(68)73-71(82)45-42-59-56-31-13-18-36-65(56)80(75(59)73)54-27-9-3-10-28-54/h1-46,48-49H,47H2. The molecular formula is C77H50N6. The average molecular weight is 1060 g/mol. The first kappa shape index (κ1) is 46.8. The molecule has 0 amide bonds. The molecule has 0 saturated carbocycles. The van der Waals surface area contributed by atoms with E-state index in [9.17, 15) is 0 Å². The maximum atomic E-state index is 5.33. The van der Waals surface area contributed by atoms with E-state index in [0.717, 1.165) is 84.0 Å². The lowest BCUT2D eigenvalue weighted by molar-refractivity contribution is 1.04. The van der Waals surface area contributed by atoms with Gasteiger partial charge in [-0.05, 0) is 90.5 Å². The van der Waals surface area contributed by atoms with Crippen LogP contribution in [-0.4, -0.2) is 28.2 Å². The second-order valence-electron chi connectivity index (χ2n) is 21.6. The fourth-order valence-electron chi connectivity index (χ4n) is 13.5. The maximum absolute atomic E-state index is 5.33. The van der Waals surface area contributed by atoms with Crippen LogP contribution < -0.4 is 0 Å². The van der Waals surface area contributed by atoms with Gasteiger partial charge in [-0.1, -0.05) is 206 Å². The van der Waals surface area contributed by atoms with Gasteiger partial charge < -0.3 is 18.3 Å². The van der Waals surface area contributed by atoms with Crippen LogP contribution in [0.25, 0.3) is 144 Å². The Kier molecular flexibility index (Phi) is 10.6. The molecule has 0 unspecified atom stereocenters. The van der Waals surface area contributed by atoms with Crippen LogP contribution in [0.3, 0.4) is 0 Å². The van der Waals surface area contributed by atoms with Crippen LogP contribution in [0.2, 0.25) is 0 Å². The molecule has 0 radical (unpaired) electrons. The van der Waals surface area contributed by atoms with E-state index < -0.39 is 0 Å². The van der Waals surface area contributed by atoms with E-state index in [2.05, 4.69) is 303 Å². The van der Waals surface area contributed by atoms with E-state index in [1.807, 2.05) is 6.07 Å². The Morgan fingerprint density at radius 2 is 0.711 bits per heavy atom. The number of benzene rings is 12. The first-order valence-electron chi connectivity index (χ1n) is 28.5. The van der Waals surface area contributed by atoms with Gasteiger partial charge >= 0.3 is 0 Å². The molecule has 0 aliphatic heterocycles. The molecule has 0 saturated heterocycles. The van der Waals surface area contributed by atoms with Crippen LogP contribution in [-0.2, 0) is 6.42 Å². The third kappa shape index (κ3) is 7.29. The first-order chi connectivity index (χ1) is 41.2. The Morgan fingerprint density at radius 3 is 1.25 bits per heavy atom. The van der Waals surface area contributed by atoms with Gasteiger partial charge in [0.25, 0.3) is 0 Å². The Morgan fingerprint density at radius 1 is 0.277 bits per heavy atom. The largest absolute Gasteiger partial charge is 0.309 e.